The van der Waals surface area contributed by atoms with Gasteiger partial charge in [0, 0.05) is 20.4 Å². The second-order valence-corrected chi connectivity index (χ2v) is 3.74. The Hall–Kier alpha value is -2.04. The molecule has 2 amide bonds. The van der Waals surface area contributed by atoms with Gasteiger partial charge >= 0.3 is 0 Å². The van der Waals surface area contributed by atoms with E-state index in [2.05, 4.69) is 10.6 Å². The Morgan fingerprint density at radius 3 is 1.95 bits per heavy atom. The van der Waals surface area contributed by atoms with Gasteiger partial charge < -0.3 is 15.7 Å². The Bertz CT molecular complexity index is 402. The van der Waals surface area contributed by atoms with Crippen LogP contribution in [0.1, 0.15) is 40.2 Å². The molecular formula is C16H28N2O3. The van der Waals surface area contributed by atoms with Crippen LogP contribution in [0.15, 0.2) is 24.3 Å². The minimum atomic E-state index is -0.595. The number of aromatic hydroxyl groups is 1. The van der Waals surface area contributed by atoms with Gasteiger partial charge in [-0.2, -0.15) is 0 Å². The molecule has 120 valence electrons. The molecule has 1 unspecified atom stereocenters. The Morgan fingerprint density at radius 2 is 1.57 bits per heavy atom. The van der Waals surface area contributed by atoms with Crippen molar-refractivity contribution in [1.82, 2.24) is 10.6 Å². The quantitative estimate of drug-likeness (QED) is 0.797. The predicted octanol–water partition coefficient (Wildman–Crippen LogP) is 2.24. The Morgan fingerprint density at radius 1 is 1.10 bits per heavy atom. The average molecular weight is 296 g/mol. The van der Waals surface area contributed by atoms with Gasteiger partial charge in [0.25, 0.3) is 0 Å². The van der Waals surface area contributed by atoms with Crippen LogP contribution >= 0.6 is 0 Å². The summed E-state index contributed by atoms with van der Waals surface area (Å²) in [5, 5.41) is 14.2. The first kappa shape index (κ1) is 21.3. The van der Waals surface area contributed by atoms with E-state index in [1.54, 1.807) is 24.3 Å². The van der Waals surface area contributed by atoms with Crippen LogP contribution in [-0.4, -0.2) is 30.0 Å². The van der Waals surface area contributed by atoms with Gasteiger partial charge in [-0.05, 0) is 17.7 Å². The molecule has 1 aromatic rings. The van der Waals surface area contributed by atoms with Gasteiger partial charge in [0.1, 0.15) is 11.8 Å². The SMILES string of the molecule is CC.CC.CNC(=O)C(Cc1ccc(O)cc1)NC(C)=O. The summed E-state index contributed by atoms with van der Waals surface area (Å²) < 4.78 is 0. The highest BCUT2D eigenvalue weighted by atomic mass is 16.3. The first-order chi connectivity index (χ1) is 10.0. The van der Waals surface area contributed by atoms with Crippen LogP contribution < -0.4 is 10.6 Å². The number of benzene rings is 1. The summed E-state index contributed by atoms with van der Waals surface area (Å²) >= 11 is 0. The maximum atomic E-state index is 11.5. The molecule has 0 heterocycles. The minimum absolute atomic E-state index is 0.171. The van der Waals surface area contributed by atoms with Gasteiger partial charge in [-0.15, -0.1) is 0 Å². The molecule has 5 nitrogen and oxygen atoms in total. The highest BCUT2D eigenvalue weighted by Gasteiger charge is 2.18. The minimum Gasteiger partial charge on any atom is -0.508 e. The van der Waals surface area contributed by atoms with Crippen molar-refractivity contribution in [3.8, 4) is 5.75 Å². The lowest BCUT2D eigenvalue weighted by Crippen LogP contribution is -2.46. The molecule has 0 bridgehead atoms. The lowest BCUT2D eigenvalue weighted by molar-refractivity contribution is -0.127. The Balaban J connectivity index is 0. The third kappa shape index (κ3) is 9.49. The maximum absolute atomic E-state index is 11.5. The van der Waals surface area contributed by atoms with Gasteiger partial charge in [-0.1, -0.05) is 39.8 Å². The van der Waals surface area contributed by atoms with E-state index >= 15 is 0 Å². The molecule has 0 aromatic heterocycles. The van der Waals surface area contributed by atoms with Crippen LogP contribution in [0.3, 0.4) is 0 Å². The standard InChI is InChI=1S/C12H16N2O3.2C2H6/c1-8(15)14-11(12(17)13-2)7-9-3-5-10(16)6-4-9;2*1-2/h3-6,11,16H,7H2,1-2H3,(H,13,17)(H,14,15);2*1-2H3. The van der Waals surface area contributed by atoms with Crippen molar-refractivity contribution in [2.75, 3.05) is 7.05 Å². The molecule has 0 saturated heterocycles. The third-order valence-corrected chi connectivity index (χ3v) is 2.32. The summed E-state index contributed by atoms with van der Waals surface area (Å²) in [4.78, 5) is 22.5. The van der Waals surface area contributed by atoms with Crippen LogP contribution in [0.4, 0.5) is 0 Å². The number of carbonyl (C=O) groups is 2. The number of phenols is 1. The predicted molar refractivity (Wildman–Crippen MR) is 86.2 cm³/mol. The molecule has 0 spiro atoms. The van der Waals surface area contributed by atoms with Crippen LogP contribution in [0, 0.1) is 0 Å². The monoisotopic (exact) mass is 296 g/mol. The number of phenolic OH excluding ortho intramolecular Hbond substituents is 1. The number of hydrogen-bond acceptors (Lipinski definition) is 3. The number of hydrogen-bond donors (Lipinski definition) is 3. The van der Waals surface area contributed by atoms with E-state index < -0.39 is 6.04 Å². The highest BCUT2D eigenvalue weighted by Crippen LogP contribution is 2.11. The number of likely N-dealkylation sites (N-methyl/N-ethyl adjacent to an activating group) is 1. The van der Waals surface area contributed by atoms with Crippen molar-refractivity contribution in [2.24, 2.45) is 0 Å². The molecule has 5 heteroatoms. The topological polar surface area (TPSA) is 78.4 Å². The maximum Gasteiger partial charge on any atom is 0.242 e. The molecule has 0 aliphatic carbocycles. The lowest BCUT2D eigenvalue weighted by Gasteiger charge is -2.16. The molecule has 0 radical (unpaired) electrons. The van der Waals surface area contributed by atoms with Gasteiger partial charge in [0.15, 0.2) is 0 Å². The molecule has 0 aliphatic heterocycles. The second-order valence-electron chi connectivity index (χ2n) is 3.74. The van der Waals surface area contributed by atoms with Gasteiger partial charge in [0.05, 0.1) is 0 Å². The van der Waals surface area contributed by atoms with Crippen molar-refractivity contribution in [2.45, 2.75) is 47.1 Å². The fourth-order valence-corrected chi connectivity index (χ4v) is 1.50. The zero-order valence-electron chi connectivity index (χ0n) is 13.9. The Kier molecular flexibility index (Phi) is 13.1. The van der Waals surface area contributed by atoms with E-state index in [1.165, 1.54) is 14.0 Å². The van der Waals surface area contributed by atoms with E-state index in [1.807, 2.05) is 27.7 Å². The first-order valence-corrected chi connectivity index (χ1v) is 7.29. The summed E-state index contributed by atoms with van der Waals surface area (Å²) in [5.74, 6) is -0.324. The summed E-state index contributed by atoms with van der Waals surface area (Å²) in [6.45, 7) is 9.37. The van der Waals surface area contributed by atoms with Crippen LogP contribution in [0.5, 0.6) is 5.75 Å². The zero-order valence-corrected chi connectivity index (χ0v) is 13.9. The van der Waals surface area contributed by atoms with Crippen LogP contribution in [-0.2, 0) is 16.0 Å². The number of rotatable bonds is 4. The third-order valence-electron chi connectivity index (χ3n) is 2.32. The zero-order chi connectivity index (χ0) is 16.8. The fraction of sp³-hybridized carbons (Fsp3) is 0.500. The molecule has 1 rings (SSSR count). The molecule has 1 atom stereocenters. The van der Waals surface area contributed by atoms with Crippen molar-refractivity contribution in [3.63, 3.8) is 0 Å². The van der Waals surface area contributed by atoms with E-state index in [4.69, 9.17) is 5.11 Å². The number of carbonyl (C=O) groups excluding carboxylic acids is 2. The van der Waals surface area contributed by atoms with E-state index in [9.17, 15) is 9.59 Å². The van der Waals surface area contributed by atoms with Crippen molar-refractivity contribution < 1.29 is 14.7 Å². The Labute approximate surface area is 127 Å². The molecule has 1 aromatic carbocycles. The largest absolute Gasteiger partial charge is 0.508 e. The van der Waals surface area contributed by atoms with Crippen LogP contribution in [0.2, 0.25) is 0 Å². The molecule has 0 fully saturated rings. The lowest BCUT2D eigenvalue weighted by atomic mass is 10.1. The molecular weight excluding hydrogens is 268 g/mol. The number of nitrogens with one attached hydrogen (secondary N) is 2. The average Bonchev–Trinajstić information content (AvgIpc) is 2.51. The molecule has 3 N–H and O–H groups in total. The fourth-order valence-electron chi connectivity index (χ4n) is 1.50. The first-order valence-electron chi connectivity index (χ1n) is 7.29. The van der Waals surface area contributed by atoms with Gasteiger partial charge in [0.2, 0.25) is 11.8 Å². The summed E-state index contributed by atoms with van der Waals surface area (Å²) in [6, 6.07) is 5.93. The van der Waals surface area contributed by atoms with Crippen LogP contribution in [0.25, 0.3) is 0 Å². The van der Waals surface area contributed by atoms with Gasteiger partial charge in [-0.25, -0.2) is 0 Å². The molecule has 21 heavy (non-hydrogen) atoms. The summed E-state index contributed by atoms with van der Waals surface area (Å²) in [6.07, 6.45) is 0.388. The molecule has 0 aliphatic rings. The second kappa shape index (κ2) is 13.0. The van der Waals surface area contributed by atoms with E-state index in [-0.39, 0.29) is 17.6 Å². The smallest absolute Gasteiger partial charge is 0.242 e. The normalized spacial score (nSPS) is 10.0. The van der Waals surface area contributed by atoms with E-state index in [0.717, 1.165) is 5.56 Å². The summed E-state index contributed by atoms with van der Waals surface area (Å²) in [7, 11) is 1.52. The molecule has 0 saturated carbocycles. The number of amides is 2. The van der Waals surface area contributed by atoms with Gasteiger partial charge in [-0.3, -0.25) is 9.59 Å². The van der Waals surface area contributed by atoms with E-state index in [0.29, 0.717) is 6.42 Å². The van der Waals surface area contributed by atoms with Crippen molar-refractivity contribution >= 4 is 11.8 Å². The van der Waals surface area contributed by atoms with Crippen molar-refractivity contribution in [3.05, 3.63) is 29.8 Å². The highest BCUT2D eigenvalue weighted by molar-refractivity contribution is 5.86. The van der Waals surface area contributed by atoms with Crippen molar-refractivity contribution in [1.29, 1.82) is 0 Å². The summed E-state index contributed by atoms with van der Waals surface area (Å²) in [5.41, 5.74) is 0.866.